The Morgan fingerprint density at radius 2 is 2.00 bits per heavy atom. The lowest BCUT2D eigenvalue weighted by Crippen LogP contribution is -2.40. The van der Waals surface area contributed by atoms with Crippen LogP contribution in [-0.2, 0) is 16.1 Å². The molecule has 0 bridgehead atoms. The van der Waals surface area contributed by atoms with E-state index in [4.69, 9.17) is 25.8 Å². The minimum Gasteiger partial charge on any atom is -0.489 e. The molecule has 7 nitrogen and oxygen atoms in total. The van der Waals surface area contributed by atoms with Gasteiger partial charge >= 0.3 is 0 Å². The Morgan fingerprint density at radius 1 is 1.18 bits per heavy atom. The molecule has 0 radical (unpaired) electrons. The first-order valence-electron chi connectivity index (χ1n) is 9.01. The number of nitrogens with one attached hydrogen (secondary N) is 2. The number of anilines is 1. The molecule has 2 aromatic carbocycles. The maximum atomic E-state index is 12.3. The van der Waals surface area contributed by atoms with Crippen LogP contribution in [0, 0.1) is 0 Å². The molecule has 2 amide bonds. The standard InChI is InChI=1S/C20H19ClN2O5/c21-13-8-12(9-16-19(13)27-7-3-6-26-16)11-22-18(24)10-17-20(25)23-14-4-1-2-5-15(14)28-17/h1-2,4-5,8-9,17H,3,6-7,10-11H2,(H,22,24)(H,23,25). The van der Waals surface area contributed by atoms with Crippen molar-refractivity contribution in [2.45, 2.75) is 25.5 Å². The van der Waals surface area contributed by atoms with Crippen molar-refractivity contribution in [3.05, 3.63) is 47.0 Å². The highest BCUT2D eigenvalue weighted by Gasteiger charge is 2.29. The van der Waals surface area contributed by atoms with Crippen LogP contribution in [0.1, 0.15) is 18.4 Å². The van der Waals surface area contributed by atoms with E-state index in [-0.39, 0.29) is 24.8 Å². The molecule has 0 saturated heterocycles. The molecule has 0 aromatic heterocycles. The van der Waals surface area contributed by atoms with E-state index in [1.54, 1.807) is 36.4 Å². The fourth-order valence-electron chi connectivity index (χ4n) is 3.05. The number of hydrogen-bond acceptors (Lipinski definition) is 5. The van der Waals surface area contributed by atoms with Gasteiger partial charge in [-0.05, 0) is 29.8 Å². The van der Waals surface area contributed by atoms with E-state index in [9.17, 15) is 9.59 Å². The van der Waals surface area contributed by atoms with Crippen molar-refractivity contribution in [2.75, 3.05) is 18.5 Å². The molecular formula is C20H19ClN2O5. The molecule has 4 rings (SSSR count). The predicted octanol–water partition coefficient (Wildman–Crippen LogP) is 2.91. The highest BCUT2D eigenvalue weighted by Crippen LogP contribution is 2.38. The molecule has 0 aliphatic carbocycles. The van der Waals surface area contributed by atoms with E-state index < -0.39 is 6.10 Å². The molecule has 2 aliphatic heterocycles. The number of hydrogen-bond donors (Lipinski definition) is 2. The van der Waals surface area contributed by atoms with E-state index >= 15 is 0 Å². The van der Waals surface area contributed by atoms with Crippen molar-refractivity contribution < 1.29 is 23.8 Å². The molecule has 28 heavy (non-hydrogen) atoms. The minimum absolute atomic E-state index is 0.0849. The highest BCUT2D eigenvalue weighted by molar-refractivity contribution is 6.32. The van der Waals surface area contributed by atoms with E-state index in [0.29, 0.717) is 41.2 Å². The molecule has 0 saturated carbocycles. The van der Waals surface area contributed by atoms with E-state index in [0.717, 1.165) is 12.0 Å². The average molecular weight is 403 g/mol. The molecule has 146 valence electrons. The van der Waals surface area contributed by atoms with Gasteiger partial charge in [0.2, 0.25) is 5.91 Å². The van der Waals surface area contributed by atoms with Gasteiger partial charge in [0.25, 0.3) is 5.91 Å². The first-order valence-corrected chi connectivity index (χ1v) is 9.39. The van der Waals surface area contributed by atoms with Crippen molar-refractivity contribution in [3.63, 3.8) is 0 Å². The summed E-state index contributed by atoms with van der Waals surface area (Å²) in [5.41, 5.74) is 1.38. The third-order valence-corrected chi connectivity index (χ3v) is 4.71. The smallest absolute Gasteiger partial charge is 0.266 e. The Labute approximate surface area is 166 Å². The molecular weight excluding hydrogens is 384 g/mol. The maximum absolute atomic E-state index is 12.3. The zero-order valence-electron chi connectivity index (χ0n) is 15.0. The number of benzene rings is 2. The number of para-hydroxylation sites is 2. The summed E-state index contributed by atoms with van der Waals surface area (Å²) >= 11 is 6.27. The number of fused-ring (bicyclic) bond motifs is 2. The number of ether oxygens (including phenoxy) is 3. The fraction of sp³-hybridized carbons (Fsp3) is 0.300. The predicted molar refractivity (Wildman–Crippen MR) is 103 cm³/mol. The summed E-state index contributed by atoms with van der Waals surface area (Å²) in [6.07, 6.45) is -0.176. The number of amides is 2. The fourth-order valence-corrected chi connectivity index (χ4v) is 3.34. The van der Waals surface area contributed by atoms with E-state index in [2.05, 4.69) is 10.6 Å². The van der Waals surface area contributed by atoms with Crippen molar-refractivity contribution in [3.8, 4) is 17.2 Å². The van der Waals surface area contributed by atoms with Gasteiger partial charge in [0.15, 0.2) is 17.6 Å². The van der Waals surface area contributed by atoms with E-state index in [1.807, 2.05) is 0 Å². The lowest BCUT2D eigenvalue weighted by Gasteiger charge is -2.25. The lowest BCUT2D eigenvalue weighted by molar-refractivity contribution is -0.130. The lowest BCUT2D eigenvalue weighted by atomic mass is 10.1. The van der Waals surface area contributed by atoms with Crippen molar-refractivity contribution in [1.82, 2.24) is 5.32 Å². The van der Waals surface area contributed by atoms with Gasteiger partial charge in [-0.1, -0.05) is 23.7 Å². The Kier molecular flexibility index (Phi) is 5.25. The van der Waals surface area contributed by atoms with Crippen molar-refractivity contribution in [2.24, 2.45) is 0 Å². The highest BCUT2D eigenvalue weighted by atomic mass is 35.5. The Balaban J connectivity index is 1.37. The Bertz CT molecular complexity index is 917. The molecule has 0 spiro atoms. The van der Waals surface area contributed by atoms with Crippen molar-refractivity contribution >= 4 is 29.1 Å². The SMILES string of the molecule is O=C(CC1Oc2ccccc2NC1=O)NCc1cc(Cl)c2c(c1)OCCCO2. The van der Waals surface area contributed by atoms with Crippen LogP contribution in [-0.4, -0.2) is 31.1 Å². The molecule has 2 N–H and O–H groups in total. The first kappa shape index (κ1) is 18.4. The summed E-state index contributed by atoms with van der Waals surface area (Å²) in [5, 5.41) is 5.97. The normalized spacial score (nSPS) is 17.6. The Hall–Kier alpha value is -2.93. The van der Waals surface area contributed by atoms with Gasteiger partial charge in [-0.25, -0.2) is 0 Å². The monoisotopic (exact) mass is 402 g/mol. The van der Waals surface area contributed by atoms with Crippen LogP contribution in [0.25, 0.3) is 0 Å². The maximum Gasteiger partial charge on any atom is 0.266 e. The van der Waals surface area contributed by atoms with Crippen LogP contribution in [0.3, 0.4) is 0 Å². The second kappa shape index (κ2) is 7.98. The van der Waals surface area contributed by atoms with Gasteiger partial charge in [0.1, 0.15) is 5.75 Å². The number of carbonyl (C=O) groups excluding carboxylic acids is 2. The van der Waals surface area contributed by atoms with Crippen molar-refractivity contribution in [1.29, 1.82) is 0 Å². The third-order valence-electron chi connectivity index (χ3n) is 4.43. The zero-order chi connectivity index (χ0) is 19.5. The van der Waals surface area contributed by atoms with Crippen LogP contribution in [0.4, 0.5) is 5.69 Å². The summed E-state index contributed by atoms with van der Waals surface area (Å²) < 4.78 is 16.9. The largest absolute Gasteiger partial charge is 0.489 e. The van der Waals surface area contributed by atoms with E-state index in [1.165, 1.54) is 0 Å². The van der Waals surface area contributed by atoms with Gasteiger partial charge in [0, 0.05) is 13.0 Å². The number of rotatable bonds is 4. The molecule has 1 atom stereocenters. The topological polar surface area (TPSA) is 85.9 Å². The molecule has 2 aliphatic rings. The van der Waals surface area contributed by atoms with Gasteiger partial charge in [-0.15, -0.1) is 0 Å². The molecule has 8 heteroatoms. The molecule has 0 fully saturated rings. The third kappa shape index (κ3) is 3.99. The average Bonchev–Trinajstić information content (AvgIpc) is 2.93. The van der Waals surface area contributed by atoms with Gasteiger partial charge in [0.05, 0.1) is 30.3 Å². The van der Waals surface area contributed by atoms with Crippen LogP contribution in [0.5, 0.6) is 17.2 Å². The summed E-state index contributed by atoms with van der Waals surface area (Å²) in [5.74, 6) is 1.01. The van der Waals surface area contributed by atoms with Gasteiger partial charge in [-0.3, -0.25) is 9.59 Å². The first-order chi connectivity index (χ1) is 13.6. The van der Waals surface area contributed by atoms with Gasteiger partial charge < -0.3 is 24.8 Å². The number of halogens is 1. The number of carbonyl (C=O) groups is 2. The molecule has 1 unspecified atom stereocenters. The second-order valence-corrected chi connectivity index (χ2v) is 6.94. The quantitative estimate of drug-likeness (QED) is 0.821. The second-order valence-electron chi connectivity index (χ2n) is 6.53. The molecule has 2 aromatic rings. The summed E-state index contributed by atoms with van der Waals surface area (Å²) in [6, 6.07) is 10.6. The van der Waals surface area contributed by atoms with Crippen LogP contribution < -0.4 is 24.8 Å². The summed E-state index contributed by atoms with van der Waals surface area (Å²) in [6.45, 7) is 1.35. The van der Waals surface area contributed by atoms with Crippen LogP contribution in [0.15, 0.2) is 36.4 Å². The minimum atomic E-state index is -0.873. The summed E-state index contributed by atoms with van der Waals surface area (Å²) in [7, 11) is 0. The Morgan fingerprint density at radius 3 is 2.89 bits per heavy atom. The van der Waals surface area contributed by atoms with Gasteiger partial charge in [-0.2, -0.15) is 0 Å². The van der Waals surface area contributed by atoms with Crippen LogP contribution >= 0.6 is 11.6 Å². The zero-order valence-corrected chi connectivity index (χ0v) is 15.8. The molecule has 2 heterocycles. The van der Waals surface area contributed by atoms with Crippen LogP contribution in [0.2, 0.25) is 5.02 Å². The summed E-state index contributed by atoms with van der Waals surface area (Å²) in [4.78, 5) is 24.5.